The number of para-hydroxylation sites is 1. The molecule has 0 aliphatic heterocycles. The molecule has 0 aromatic heterocycles. The van der Waals surface area contributed by atoms with E-state index in [1.807, 2.05) is 54.6 Å². The molecule has 0 amide bonds. The molecule has 4 nitrogen and oxygen atoms in total. The molecule has 0 bridgehead atoms. The molecule has 0 aliphatic rings. The molecule has 0 radical (unpaired) electrons. The topological polar surface area (TPSA) is 51.0 Å². The van der Waals surface area contributed by atoms with Gasteiger partial charge in [-0.3, -0.25) is 4.99 Å². The van der Waals surface area contributed by atoms with Gasteiger partial charge in [0.1, 0.15) is 35.3 Å². The summed E-state index contributed by atoms with van der Waals surface area (Å²) in [5.41, 5.74) is 1.96. The first-order valence-electron chi connectivity index (χ1n) is 8.66. The monoisotopic (exact) mass is 393 g/mol. The van der Waals surface area contributed by atoms with E-state index in [1.54, 1.807) is 25.2 Å². The lowest BCUT2D eigenvalue weighted by Crippen LogP contribution is -2.10. The molecule has 142 valence electrons. The summed E-state index contributed by atoms with van der Waals surface area (Å²) >= 11 is 5.88. The fraction of sp³-hybridized carbons (Fsp3) is 0.0870. The van der Waals surface area contributed by atoms with E-state index in [-0.39, 0.29) is 5.75 Å². The molecule has 0 saturated heterocycles. The van der Waals surface area contributed by atoms with Crippen molar-refractivity contribution in [3.63, 3.8) is 0 Å². The second kappa shape index (κ2) is 9.11. The number of allylic oxidation sites excluding steroid dienone is 1. The van der Waals surface area contributed by atoms with Gasteiger partial charge in [-0.25, -0.2) is 0 Å². The van der Waals surface area contributed by atoms with Crippen molar-refractivity contribution in [3.8, 4) is 17.2 Å². The standard InChI is InChI=1S/C23H20ClNO3/c1-16(28-19-6-4-3-5-7-19)23(25-2)21-13-12-20(14-22(21)26)27-15-17-8-10-18(24)11-9-17/h3-14,26H,1,15H2,2H3/b25-23+. The molecule has 0 unspecified atom stereocenters. The number of aliphatic imine (C=N–C) groups is 1. The number of nitrogens with zero attached hydrogens (tertiary/aromatic N) is 1. The lowest BCUT2D eigenvalue weighted by Gasteiger charge is -2.14. The first kappa shape index (κ1) is 19.5. The van der Waals surface area contributed by atoms with Crippen molar-refractivity contribution in [2.24, 2.45) is 4.99 Å². The van der Waals surface area contributed by atoms with Gasteiger partial charge in [0.15, 0.2) is 0 Å². The lowest BCUT2D eigenvalue weighted by molar-refractivity contribution is 0.304. The van der Waals surface area contributed by atoms with E-state index in [2.05, 4.69) is 11.6 Å². The summed E-state index contributed by atoms with van der Waals surface area (Å²) in [4.78, 5) is 4.23. The molecule has 28 heavy (non-hydrogen) atoms. The summed E-state index contributed by atoms with van der Waals surface area (Å²) in [6.07, 6.45) is 0. The quantitative estimate of drug-likeness (QED) is 0.417. The van der Waals surface area contributed by atoms with Gasteiger partial charge in [0, 0.05) is 23.7 Å². The highest BCUT2D eigenvalue weighted by atomic mass is 35.5. The predicted octanol–water partition coefficient (Wildman–Crippen LogP) is 5.64. The Balaban J connectivity index is 1.71. The number of hydrogen-bond acceptors (Lipinski definition) is 4. The van der Waals surface area contributed by atoms with Gasteiger partial charge in [0.05, 0.1) is 0 Å². The molecule has 0 fully saturated rings. The van der Waals surface area contributed by atoms with E-state index in [0.29, 0.717) is 40.2 Å². The predicted molar refractivity (Wildman–Crippen MR) is 113 cm³/mol. The summed E-state index contributed by atoms with van der Waals surface area (Å²) in [7, 11) is 1.62. The van der Waals surface area contributed by atoms with Crippen molar-refractivity contribution < 1.29 is 14.6 Å². The second-order valence-corrected chi connectivity index (χ2v) is 6.44. The zero-order valence-corrected chi connectivity index (χ0v) is 16.2. The van der Waals surface area contributed by atoms with Gasteiger partial charge in [0.2, 0.25) is 0 Å². The highest BCUT2D eigenvalue weighted by Gasteiger charge is 2.15. The molecule has 0 saturated carbocycles. The molecular formula is C23H20ClNO3. The third-order valence-corrected chi connectivity index (χ3v) is 4.27. The van der Waals surface area contributed by atoms with Crippen molar-refractivity contribution in [1.29, 1.82) is 0 Å². The Morgan fingerprint density at radius 2 is 1.71 bits per heavy atom. The zero-order chi connectivity index (χ0) is 19.9. The van der Waals surface area contributed by atoms with Crippen molar-refractivity contribution in [2.45, 2.75) is 6.61 Å². The fourth-order valence-corrected chi connectivity index (χ4v) is 2.75. The third kappa shape index (κ3) is 4.93. The highest BCUT2D eigenvalue weighted by Crippen LogP contribution is 2.27. The number of ether oxygens (including phenoxy) is 2. The van der Waals surface area contributed by atoms with Crippen LogP contribution in [0.2, 0.25) is 5.02 Å². The normalized spacial score (nSPS) is 11.1. The van der Waals surface area contributed by atoms with Crippen LogP contribution in [0.1, 0.15) is 11.1 Å². The minimum Gasteiger partial charge on any atom is -0.507 e. The maximum absolute atomic E-state index is 10.5. The van der Waals surface area contributed by atoms with Crippen LogP contribution in [-0.4, -0.2) is 17.9 Å². The molecule has 3 aromatic carbocycles. The van der Waals surface area contributed by atoms with Crippen molar-refractivity contribution >= 4 is 17.3 Å². The minimum atomic E-state index is 0.0343. The van der Waals surface area contributed by atoms with Crippen LogP contribution in [0.15, 0.2) is 90.1 Å². The van der Waals surface area contributed by atoms with Gasteiger partial charge >= 0.3 is 0 Å². The number of phenols is 1. The Labute approximate surface area is 169 Å². The van der Waals surface area contributed by atoms with Crippen LogP contribution in [-0.2, 0) is 6.61 Å². The van der Waals surface area contributed by atoms with Crippen LogP contribution in [0, 0.1) is 0 Å². The Bertz CT molecular complexity index is 982. The van der Waals surface area contributed by atoms with Crippen LogP contribution < -0.4 is 9.47 Å². The third-order valence-electron chi connectivity index (χ3n) is 4.02. The molecule has 0 atom stereocenters. The molecule has 5 heteroatoms. The van der Waals surface area contributed by atoms with Gasteiger partial charge in [0.25, 0.3) is 0 Å². The van der Waals surface area contributed by atoms with Gasteiger partial charge < -0.3 is 14.6 Å². The molecule has 0 heterocycles. The number of aromatic hydroxyl groups is 1. The number of rotatable bonds is 7. The molecule has 3 rings (SSSR count). The average molecular weight is 394 g/mol. The van der Waals surface area contributed by atoms with Gasteiger partial charge in [-0.15, -0.1) is 0 Å². The summed E-state index contributed by atoms with van der Waals surface area (Å²) in [5.74, 6) is 1.57. The van der Waals surface area contributed by atoms with E-state index in [0.717, 1.165) is 5.56 Å². The van der Waals surface area contributed by atoms with Crippen molar-refractivity contribution in [1.82, 2.24) is 0 Å². The Kier molecular flexibility index (Phi) is 6.35. The summed E-state index contributed by atoms with van der Waals surface area (Å²) in [6.45, 7) is 4.31. The second-order valence-electron chi connectivity index (χ2n) is 6.00. The van der Waals surface area contributed by atoms with Crippen LogP contribution in [0.4, 0.5) is 0 Å². The number of hydrogen-bond donors (Lipinski definition) is 1. The highest BCUT2D eigenvalue weighted by molar-refractivity contribution is 6.30. The van der Waals surface area contributed by atoms with Crippen LogP contribution >= 0.6 is 11.6 Å². The van der Waals surface area contributed by atoms with E-state index in [1.165, 1.54) is 0 Å². The average Bonchev–Trinajstić information content (AvgIpc) is 2.70. The summed E-state index contributed by atoms with van der Waals surface area (Å²) in [6, 6.07) is 21.7. The van der Waals surface area contributed by atoms with E-state index in [4.69, 9.17) is 21.1 Å². The maximum Gasteiger partial charge on any atom is 0.146 e. The minimum absolute atomic E-state index is 0.0343. The van der Waals surface area contributed by atoms with Crippen LogP contribution in [0.25, 0.3) is 0 Å². The van der Waals surface area contributed by atoms with Crippen LogP contribution in [0.5, 0.6) is 17.2 Å². The van der Waals surface area contributed by atoms with Crippen LogP contribution in [0.3, 0.4) is 0 Å². The lowest BCUT2D eigenvalue weighted by atomic mass is 10.1. The SMILES string of the molecule is C=C(Oc1ccccc1)/C(=N\C)c1ccc(OCc2ccc(Cl)cc2)cc1O. The number of benzene rings is 3. The van der Waals surface area contributed by atoms with Crippen molar-refractivity contribution in [2.75, 3.05) is 7.05 Å². The molecule has 1 N–H and O–H groups in total. The fourth-order valence-electron chi connectivity index (χ4n) is 2.62. The first-order chi connectivity index (χ1) is 13.6. The summed E-state index contributed by atoms with van der Waals surface area (Å²) in [5, 5.41) is 11.1. The maximum atomic E-state index is 10.5. The van der Waals surface area contributed by atoms with Gasteiger partial charge in [-0.05, 0) is 42.0 Å². The van der Waals surface area contributed by atoms with E-state index in [9.17, 15) is 5.11 Å². The van der Waals surface area contributed by atoms with Crippen molar-refractivity contribution in [3.05, 3.63) is 101 Å². The Morgan fingerprint density at radius 3 is 2.36 bits per heavy atom. The molecule has 0 spiro atoms. The Hall–Kier alpha value is -3.24. The largest absolute Gasteiger partial charge is 0.507 e. The van der Waals surface area contributed by atoms with Gasteiger partial charge in [-0.1, -0.05) is 48.5 Å². The van der Waals surface area contributed by atoms with Gasteiger partial charge in [-0.2, -0.15) is 0 Å². The molecule has 0 aliphatic carbocycles. The van der Waals surface area contributed by atoms with E-state index < -0.39 is 0 Å². The Morgan fingerprint density at radius 1 is 1.00 bits per heavy atom. The van der Waals surface area contributed by atoms with E-state index >= 15 is 0 Å². The molecular weight excluding hydrogens is 374 g/mol. The molecule has 3 aromatic rings. The smallest absolute Gasteiger partial charge is 0.146 e. The summed E-state index contributed by atoms with van der Waals surface area (Å²) < 4.78 is 11.5. The number of phenolic OH excluding ortho intramolecular Hbond substituents is 1. The number of halogens is 1. The zero-order valence-electron chi connectivity index (χ0n) is 15.4. The first-order valence-corrected chi connectivity index (χ1v) is 9.04.